The fourth-order valence-corrected chi connectivity index (χ4v) is 2.21. The molecule has 0 aliphatic heterocycles. The lowest BCUT2D eigenvalue weighted by molar-refractivity contribution is 0.555. The molecule has 2 aromatic heterocycles. The van der Waals surface area contributed by atoms with Crippen molar-refractivity contribution in [1.82, 2.24) is 9.97 Å². The molecule has 20 heavy (non-hydrogen) atoms. The van der Waals surface area contributed by atoms with Crippen LogP contribution in [0, 0.1) is 6.92 Å². The Hall–Kier alpha value is -2.08. The molecular weight excluding hydrogens is 322 g/mol. The molecule has 2 heterocycles. The van der Waals surface area contributed by atoms with Gasteiger partial charge in [-0.3, -0.25) is 4.98 Å². The number of aromatic amines is 1. The van der Waals surface area contributed by atoms with E-state index in [4.69, 9.17) is 4.42 Å². The van der Waals surface area contributed by atoms with Gasteiger partial charge in [0.25, 0.3) is 0 Å². The first-order valence-electron chi connectivity index (χ1n) is 6.04. The Balaban J connectivity index is 2.04. The number of nitrogens with zero attached hydrogens (tertiary/aromatic N) is 2. The number of anilines is 2. The lowest BCUT2D eigenvalue weighted by Crippen LogP contribution is -2.11. The topological polar surface area (TPSA) is 62.1 Å². The van der Waals surface area contributed by atoms with Crippen LogP contribution in [0.5, 0.6) is 0 Å². The van der Waals surface area contributed by atoms with E-state index in [9.17, 15) is 4.79 Å². The summed E-state index contributed by atoms with van der Waals surface area (Å²) in [5, 5.41) is 0. The minimum atomic E-state index is -0.447. The van der Waals surface area contributed by atoms with E-state index in [0.29, 0.717) is 11.1 Å². The minimum absolute atomic E-state index is 0.447. The van der Waals surface area contributed by atoms with Gasteiger partial charge in [-0.15, -0.1) is 0 Å². The molecule has 0 unspecified atom stereocenters. The zero-order chi connectivity index (χ0) is 14.3. The summed E-state index contributed by atoms with van der Waals surface area (Å²) in [6.45, 7) is 1.94. The summed E-state index contributed by atoms with van der Waals surface area (Å²) in [5.41, 5.74) is 3.04. The predicted octanol–water partition coefficient (Wildman–Crippen LogP) is 3.35. The standard InChI is InChI=1S/C14H12BrN3O2/c1-8-10(15)4-6-13(16-8)18(2)9-3-5-11-12(7-9)20-14(19)17-11/h3-7H,1-2H3,(H,17,19). The Morgan fingerprint density at radius 1 is 1.30 bits per heavy atom. The second-order valence-corrected chi connectivity index (χ2v) is 5.35. The van der Waals surface area contributed by atoms with E-state index in [0.717, 1.165) is 21.7 Å². The molecule has 5 nitrogen and oxygen atoms in total. The second-order valence-electron chi connectivity index (χ2n) is 4.49. The summed E-state index contributed by atoms with van der Waals surface area (Å²) < 4.78 is 6.05. The molecule has 0 atom stereocenters. The lowest BCUT2D eigenvalue weighted by Gasteiger charge is -2.18. The van der Waals surface area contributed by atoms with Crippen LogP contribution in [0.2, 0.25) is 0 Å². The number of nitrogens with one attached hydrogen (secondary N) is 1. The first kappa shape index (κ1) is 12.9. The zero-order valence-electron chi connectivity index (χ0n) is 11.0. The number of halogens is 1. The van der Waals surface area contributed by atoms with Crippen molar-refractivity contribution >= 4 is 38.5 Å². The van der Waals surface area contributed by atoms with Crippen molar-refractivity contribution in [1.29, 1.82) is 0 Å². The molecule has 3 aromatic rings. The maximum Gasteiger partial charge on any atom is 0.417 e. The number of H-pyrrole nitrogens is 1. The van der Waals surface area contributed by atoms with E-state index in [2.05, 4.69) is 25.9 Å². The number of aryl methyl sites for hydroxylation is 1. The molecule has 0 spiro atoms. The molecule has 0 radical (unpaired) electrons. The van der Waals surface area contributed by atoms with Gasteiger partial charge in [0, 0.05) is 23.3 Å². The maximum absolute atomic E-state index is 11.2. The Morgan fingerprint density at radius 3 is 2.85 bits per heavy atom. The van der Waals surface area contributed by atoms with Crippen LogP contribution in [0.3, 0.4) is 0 Å². The quantitative estimate of drug-likeness (QED) is 0.781. The van der Waals surface area contributed by atoms with Gasteiger partial charge in [0.1, 0.15) is 5.82 Å². The molecule has 1 aromatic carbocycles. The smallest absolute Gasteiger partial charge is 0.408 e. The highest BCUT2D eigenvalue weighted by Crippen LogP contribution is 2.26. The van der Waals surface area contributed by atoms with Crippen molar-refractivity contribution in [3.05, 3.63) is 51.0 Å². The van der Waals surface area contributed by atoms with E-state index in [-0.39, 0.29) is 0 Å². The average molecular weight is 334 g/mol. The molecular formula is C14H12BrN3O2. The van der Waals surface area contributed by atoms with E-state index in [1.165, 1.54) is 0 Å². The van der Waals surface area contributed by atoms with Crippen molar-refractivity contribution in [3.63, 3.8) is 0 Å². The minimum Gasteiger partial charge on any atom is -0.408 e. The fraction of sp³-hybridized carbons (Fsp3) is 0.143. The van der Waals surface area contributed by atoms with Gasteiger partial charge in [-0.05, 0) is 47.1 Å². The Labute approximate surface area is 123 Å². The third kappa shape index (κ3) is 2.22. The van der Waals surface area contributed by atoms with Crippen molar-refractivity contribution in [2.24, 2.45) is 0 Å². The summed E-state index contributed by atoms with van der Waals surface area (Å²) in [6, 6.07) is 9.43. The van der Waals surface area contributed by atoms with Gasteiger partial charge in [-0.25, -0.2) is 9.78 Å². The third-order valence-corrected chi connectivity index (χ3v) is 3.98. The molecule has 0 aliphatic carbocycles. The average Bonchev–Trinajstić information content (AvgIpc) is 2.80. The molecule has 0 saturated carbocycles. The van der Waals surface area contributed by atoms with Crippen LogP contribution in [-0.2, 0) is 0 Å². The molecule has 0 fully saturated rings. The summed E-state index contributed by atoms with van der Waals surface area (Å²) in [5.74, 6) is 0.375. The summed E-state index contributed by atoms with van der Waals surface area (Å²) in [4.78, 5) is 20.2. The normalized spacial score (nSPS) is 10.9. The number of fused-ring (bicyclic) bond motifs is 1. The number of oxazole rings is 1. The van der Waals surface area contributed by atoms with Crippen LogP contribution < -0.4 is 10.7 Å². The molecule has 0 saturated heterocycles. The van der Waals surface area contributed by atoms with Gasteiger partial charge >= 0.3 is 5.76 Å². The monoisotopic (exact) mass is 333 g/mol. The highest BCUT2D eigenvalue weighted by molar-refractivity contribution is 9.10. The zero-order valence-corrected chi connectivity index (χ0v) is 12.6. The van der Waals surface area contributed by atoms with Crippen LogP contribution in [0.25, 0.3) is 11.1 Å². The molecule has 102 valence electrons. The molecule has 0 aliphatic rings. The van der Waals surface area contributed by atoms with Crippen LogP contribution in [0.1, 0.15) is 5.69 Å². The summed E-state index contributed by atoms with van der Waals surface area (Å²) in [7, 11) is 1.92. The molecule has 0 bridgehead atoms. The highest BCUT2D eigenvalue weighted by atomic mass is 79.9. The van der Waals surface area contributed by atoms with E-state index < -0.39 is 5.76 Å². The van der Waals surface area contributed by atoms with Crippen molar-refractivity contribution < 1.29 is 4.42 Å². The number of rotatable bonds is 2. The van der Waals surface area contributed by atoms with Gasteiger partial charge in [0.15, 0.2) is 5.58 Å². The third-order valence-electron chi connectivity index (χ3n) is 3.14. The number of hydrogen-bond acceptors (Lipinski definition) is 4. The Bertz CT molecular complexity index is 838. The van der Waals surface area contributed by atoms with Gasteiger partial charge < -0.3 is 9.32 Å². The van der Waals surface area contributed by atoms with Crippen molar-refractivity contribution in [2.75, 3.05) is 11.9 Å². The molecule has 3 rings (SSSR count). The number of pyridine rings is 1. The van der Waals surface area contributed by atoms with Crippen LogP contribution in [-0.4, -0.2) is 17.0 Å². The van der Waals surface area contributed by atoms with Gasteiger partial charge in [-0.2, -0.15) is 0 Å². The second kappa shape index (κ2) is 4.79. The predicted molar refractivity (Wildman–Crippen MR) is 81.6 cm³/mol. The number of benzene rings is 1. The van der Waals surface area contributed by atoms with Crippen molar-refractivity contribution in [2.45, 2.75) is 6.92 Å². The first-order chi connectivity index (χ1) is 9.54. The largest absolute Gasteiger partial charge is 0.417 e. The van der Waals surface area contributed by atoms with Crippen LogP contribution >= 0.6 is 15.9 Å². The van der Waals surface area contributed by atoms with E-state index >= 15 is 0 Å². The van der Waals surface area contributed by atoms with Crippen molar-refractivity contribution in [3.8, 4) is 0 Å². The van der Waals surface area contributed by atoms with Crippen LogP contribution in [0.4, 0.5) is 11.5 Å². The van der Waals surface area contributed by atoms with Gasteiger partial charge in [-0.1, -0.05) is 0 Å². The first-order valence-corrected chi connectivity index (χ1v) is 6.83. The number of hydrogen-bond donors (Lipinski definition) is 1. The van der Waals surface area contributed by atoms with Gasteiger partial charge in [0.2, 0.25) is 0 Å². The lowest BCUT2D eigenvalue weighted by atomic mass is 10.2. The maximum atomic E-state index is 11.2. The molecule has 6 heteroatoms. The summed E-state index contributed by atoms with van der Waals surface area (Å²) in [6.07, 6.45) is 0. The van der Waals surface area contributed by atoms with Gasteiger partial charge in [0.05, 0.1) is 11.2 Å². The van der Waals surface area contributed by atoms with E-state index in [1.54, 1.807) is 0 Å². The number of aromatic nitrogens is 2. The van der Waals surface area contributed by atoms with E-state index in [1.807, 2.05) is 49.2 Å². The Kier molecular flexibility index (Phi) is 3.10. The van der Waals surface area contributed by atoms with Crippen LogP contribution in [0.15, 0.2) is 44.0 Å². The fourth-order valence-electron chi connectivity index (χ4n) is 1.99. The highest BCUT2D eigenvalue weighted by Gasteiger charge is 2.09. The summed E-state index contributed by atoms with van der Waals surface area (Å²) >= 11 is 3.44. The molecule has 0 amide bonds. The SMILES string of the molecule is Cc1nc(N(C)c2ccc3[nH]c(=O)oc3c2)ccc1Br. The molecule has 1 N–H and O–H groups in total. The Morgan fingerprint density at radius 2 is 2.10 bits per heavy atom.